The minimum Gasteiger partial charge on any atom is -0.490 e. The first kappa shape index (κ1) is 27.0. The molecule has 7 nitrogen and oxygen atoms in total. The van der Waals surface area contributed by atoms with Gasteiger partial charge in [-0.2, -0.15) is 0 Å². The third-order valence-electron chi connectivity index (χ3n) is 5.92. The van der Waals surface area contributed by atoms with Crippen LogP contribution in [0.15, 0.2) is 65.6 Å². The second-order valence-corrected chi connectivity index (χ2v) is 10.0. The third-order valence-corrected chi connectivity index (χ3v) is 6.82. The number of amides is 3. The van der Waals surface area contributed by atoms with Crippen LogP contribution in [0.2, 0.25) is 0 Å². The Bertz CT molecular complexity index is 1400. The Morgan fingerprint density at radius 1 is 0.921 bits per heavy atom. The highest BCUT2D eigenvalue weighted by atomic mass is 32.2. The summed E-state index contributed by atoms with van der Waals surface area (Å²) in [6, 6.07) is 18.7. The highest BCUT2D eigenvalue weighted by Gasteiger charge is 2.35. The van der Waals surface area contributed by atoms with Crippen molar-refractivity contribution in [1.82, 2.24) is 4.90 Å². The predicted octanol–water partition coefficient (Wildman–Crippen LogP) is 6.26. The number of hydrogen-bond acceptors (Lipinski definition) is 6. The number of nitrogens with zero attached hydrogens (tertiary/aromatic N) is 1. The maximum Gasteiger partial charge on any atom is 0.293 e. The first-order chi connectivity index (χ1) is 18.2. The van der Waals surface area contributed by atoms with E-state index in [1.807, 2.05) is 70.2 Å². The Morgan fingerprint density at radius 2 is 1.66 bits per heavy atom. The summed E-state index contributed by atoms with van der Waals surface area (Å²) in [5.41, 5.74) is 5.51. The lowest BCUT2D eigenvalue weighted by Gasteiger charge is -2.14. The minimum atomic E-state index is -0.332. The van der Waals surface area contributed by atoms with Crippen LogP contribution in [0, 0.1) is 20.8 Å². The lowest BCUT2D eigenvalue weighted by molar-refractivity contribution is -0.123. The lowest BCUT2D eigenvalue weighted by atomic mass is 10.1. The molecule has 1 saturated heterocycles. The zero-order valence-corrected chi connectivity index (χ0v) is 22.7. The summed E-state index contributed by atoms with van der Waals surface area (Å²) >= 11 is 0.913. The van der Waals surface area contributed by atoms with Gasteiger partial charge in [0.1, 0.15) is 0 Å². The van der Waals surface area contributed by atoms with E-state index in [1.165, 1.54) is 4.90 Å². The fourth-order valence-electron chi connectivity index (χ4n) is 3.95. The first-order valence-corrected chi connectivity index (χ1v) is 13.1. The summed E-state index contributed by atoms with van der Waals surface area (Å²) in [6.45, 7) is 8.19. The van der Waals surface area contributed by atoms with Crippen molar-refractivity contribution in [3.05, 3.63) is 93.4 Å². The van der Waals surface area contributed by atoms with Gasteiger partial charge in [0.2, 0.25) is 0 Å². The van der Waals surface area contributed by atoms with E-state index in [0.717, 1.165) is 39.7 Å². The topological polar surface area (TPSA) is 84.9 Å². The molecule has 0 unspecified atom stereocenters. The van der Waals surface area contributed by atoms with Crippen molar-refractivity contribution in [3.8, 4) is 11.5 Å². The number of rotatable bonds is 9. The van der Waals surface area contributed by atoms with Gasteiger partial charge in [0.05, 0.1) is 18.1 Å². The van der Waals surface area contributed by atoms with Crippen LogP contribution in [0.3, 0.4) is 0 Å². The summed E-state index contributed by atoms with van der Waals surface area (Å²) in [5.74, 6) is 0.236. The van der Waals surface area contributed by atoms with Gasteiger partial charge < -0.3 is 14.8 Å². The molecule has 0 aromatic heterocycles. The van der Waals surface area contributed by atoms with Crippen molar-refractivity contribution >= 4 is 40.6 Å². The number of anilines is 1. The first-order valence-electron chi connectivity index (χ1n) is 12.3. The van der Waals surface area contributed by atoms with Crippen LogP contribution in [-0.2, 0) is 16.1 Å². The molecule has 0 saturated carbocycles. The fourth-order valence-corrected chi connectivity index (χ4v) is 4.79. The molecule has 38 heavy (non-hydrogen) atoms. The molecule has 1 aliphatic rings. The standard InChI is InChI=1S/C30H30N2O5S/c1-5-36-26-15-23(11-13-25(26)37-18-28(33)31-24-12-8-20(3)14-21(24)4)16-27-29(34)32(30(35)38-27)17-22-9-6-19(2)7-10-22/h6-16H,5,17-18H2,1-4H3,(H,31,33)/b27-16-. The van der Waals surface area contributed by atoms with Gasteiger partial charge in [0.25, 0.3) is 17.1 Å². The van der Waals surface area contributed by atoms with Crippen LogP contribution < -0.4 is 14.8 Å². The fraction of sp³-hybridized carbons (Fsp3) is 0.233. The highest BCUT2D eigenvalue weighted by Crippen LogP contribution is 2.35. The molecule has 0 atom stereocenters. The number of ether oxygens (including phenoxy) is 2. The molecule has 1 heterocycles. The molecule has 3 amide bonds. The maximum absolute atomic E-state index is 13.0. The maximum atomic E-state index is 13.0. The molecule has 0 bridgehead atoms. The largest absolute Gasteiger partial charge is 0.490 e. The lowest BCUT2D eigenvalue weighted by Crippen LogP contribution is -2.27. The molecule has 3 aromatic rings. The number of thioether (sulfide) groups is 1. The zero-order chi connectivity index (χ0) is 27.2. The van der Waals surface area contributed by atoms with Gasteiger partial charge in [-0.15, -0.1) is 0 Å². The molecule has 1 N–H and O–H groups in total. The van der Waals surface area contributed by atoms with E-state index >= 15 is 0 Å². The molecular weight excluding hydrogens is 500 g/mol. The molecule has 4 rings (SSSR count). The average Bonchev–Trinajstić information content (AvgIpc) is 3.14. The van der Waals surface area contributed by atoms with Crippen LogP contribution in [0.5, 0.6) is 11.5 Å². The number of carbonyl (C=O) groups excluding carboxylic acids is 3. The van der Waals surface area contributed by atoms with Crippen LogP contribution in [0.4, 0.5) is 10.5 Å². The molecular formula is C30H30N2O5S. The second-order valence-electron chi connectivity index (χ2n) is 9.05. The van der Waals surface area contributed by atoms with E-state index in [4.69, 9.17) is 9.47 Å². The predicted molar refractivity (Wildman–Crippen MR) is 150 cm³/mol. The molecule has 8 heteroatoms. The highest BCUT2D eigenvalue weighted by molar-refractivity contribution is 8.18. The third kappa shape index (κ3) is 6.63. The van der Waals surface area contributed by atoms with E-state index in [1.54, 1.807) is 24.3 Å². The zero-order valence-electron chi connectivity index (χ0n) is 21.9. The van der Waals surface area contributed by atoms with Gasteiger partial charge in [-0.25, -0.2) is 0 Å². The Hall–Kier alpha value is -4.04. The van der Waals surface area contributed by atoms with Crippen LogP contribution in [0.1, 0.15) is 34.7 Å². The van der Waals surface area contributed by atoms with Gasteiger partial charge >= 0.3 is 0 Å². The normalized spacial score (nSPS) is 14.2. The van der Waals surface area contributed by atoms with E-state index in [0.29, 0.717) is 28.6 Å². The summed E-state index contributed by atoms with van der Waals surface area (Å²) in [5, 5.41) is 2.56. The van der Waals surface area contributed by atoms with Crippen LogP contribution in [-0.4, -0.2) is 35.2 Å². The van der Waals surface area contributed by atoms with Crippen molar-refractivity contribution in [2.45, 2.75) is 34.2 Å². The van der Waals surface area contributed by atoms with E-state index < -0.39 is 0 Å². The van der Waals surface area contributed by atoms with Gasteiger partial charge in [-0.1, -0.05) is 53.6 Å². The van der Waals surface area contributed by atoms with Crippen molar-refractivity contribution in [3.63, 3.8) is 0 Å². The monoisotopic (exact) mass is 530 g/mol. The van der Waals surface area contributed by atoms with E-state index in [9.17, 15) is 14.4 Å². The summed E-state index contributed by atoms with van der Waals surface area (Å²) < 4.78 is 11.5. The molecule has 0 aliphatic carbocycles. The molecule has 196 valence electrons. The Morgan fingerprint density at radius 3 is 2.37 bits per heavy atom. The Balaban J connectivity index is 1.44. The number of imide groups is 1. The summed E-state index contributed by atoms with van der Waals surface area (Å²) in [6.07, 6.45) is 1.67. The molecule has 1 fully saturated rings. The SMILES string of the molecule is CCOc1cc(/C=C2\SC(=O)N(Cc3ccc(C)cc3)C2=O)ccc1OCC(=O)Nc1ccc(C)cc1C. The van der Waals surface area contributed by atoms with Crippen molar-refractivity contribution < 1.29 is 23.9 Å². The van der Waals surface area contributed by atoms with Crippen molar-refractivity contribution in [2.75, 3.05) is 18.5 Å². The van der Waals surface area contributed by atoms with Crippen LogP contribution >= 0.6 is 11.8 Å². The van der Waals surface area contributed by atoms with E-state index in [-0.39, 0.29) is 30.2 Å². The van der Waals surface area contributed by atoms with Gasteiger partial charge in [-0.05, 0) is 80.4 Å². The van der Waals surface area contributed by atoms with Crippen molar-refractivity contribution in [1.29, 1.82) is 0 Å². The summed E-state index contributed by atoms with van der Waals surface area (Å²) in [7, 11) is 0. The van der Waals surface area contributed by atoms with Gasteiger partial charge in [0, 0.05) is 5.69 Å². The Kier molecular flexibility index (Phi) is 8.53. The number of benzene rings is 3. The van der Waals surface area contributed by atoms with Crippen LogP contribution in [0.25, 0.3) is 6.08 Å². The number of hydrogen-bond donors (Lipinski definition) is 1. The quantitative estimate of drug-likeness (QED) is 0.329. The second kappa shape index (κ2) is 12.0. The molecule has 1 aliphatic heterocycles. The molecule has 3 aromatic carbocycles. The van der Waals surface area contributed by atoms with Gasteiger partial charge in [0.15, 0.2) is 18.1 Å². The van der Waals surface area contributed by atoms with Crippen molar-refractivity contribution in [2.24, 2.45) is 0 Å². The number of carbonyl (C=O) groups is 3. The number of aryl methyl sites for hydroxylation is 3. The smallest absolute Gasteiger partial charge is 0.293 e. The average molecular weight is 531 g/mol. The molecule has 0 radical (unpaired) electrons. The summed E-state index contributed by atoms with van der Waals surface area (Å²) in [4.78, 5) is 39.6. The van der Waals surface area contributed by atoms with Gasteiger partial charge in [-0.3, -0.25) is 19.3 Å². The minimum absolute atomic E-state index is 0.190. The molecule has 0 spiro atoms. The Labute approximate surface area is 226 Å². The number of nitrogens with one attached hydrogen (secondary N) is 1. The van der Waals surface area contributed by atoms with E-state index in [2.05, 4.69) is 5.32 Å².